The number of imide groups is 1. The Morgan fingerprint density at radius 1 is 0.775 bits per heavy atom. The van der Waals surface area contributed by atoms with Gasteiger partial charge in [-0.2, -0.15) is 0 Å². The van der Waals surface area contributed by atoms with Crippen LogP contribution in [0.3, 0.4) is 0 Å². The van der Waals surface area contributed by atoms with Gasteiger partial charge in [0.15, 0.2) is 0 Å². The molecule has 9 heteroatoms. The molecule has 0 fully saturated rings. The van der Waals surface area contributed by atoms with Crippen LogP contribution in [-0.2, 0) is 11.2 Å². The number of carbonyl (C=O) groups excluding carboxylic acids is 4. The number of phenolic OH excluding ortho intramolecular Hbond substituents is 1. The molecule has 0 spiro atoms. The van der Waals surface area contributed by atoms with E-state index in [9.17, 15) is 24.3 Å². The summed E-state index contributed by atoms with van der Waals surface area (Å²) in [5.41, 5.74) is 3.77. The van der Waals surface area contributed by atoms with Gasteiger partial charge in [-0.25, -0.2) is 19.5 Å². The Balaban J connectivity index is 1.32. The van der Waals surface area contributed by atoms with Crippen molar-refractivity contribution in [2.75, 3.05) is 4.90 Å². The lowest BCUT2D eigenvalue weighted by Gasteiger charge is -2.18. The summed E-state index contributed by atoms with van der Waals surface area (Å²) in [7, 11) is 0. The molecule has 7 rings (SSSR count). The fourth-order valence-corrected chi connectivity index (χ4v) is 5.43. The van der Waals surface area contributed by atoms with Gasteiger partial charge in [-0.15, -0.1) is 0 Å². The van der Waals surface area contributed by atoms with Gasteiger partial charge in [0, 0.05) is 12.1 Å². The first-order chi connectivity index (χ1) is 19.4. The molecule has 40 heavy (non-hydrogen) atoms. The Morgan fingerprint density at radius 2 is 1.55 bits per heavy atom. The molecule has 0 atom stereocenters. The van der Waals surface area contributed by atoms with Crippen molar-refractivity contribution in [3.8, 4) is 22.6 Å². The van der Waals surface area contributed by atoms with Gasteiger partial charge in [-0.1, -0.05) is 37.3 Å². The van der Waals surface area contributed by atoms with Gasteiger partial charge < -0.3 is 9.84 Å². The number of anilines is 1. The number of hydrogen-bond acceptors (Lipinski definition) is 7. The number of fused-ring (bicyclic) bond motifs is 3. The van der Waals surface area contributed by atoms with Crippen LogP contribution in [0.4, 0.5) is 5.69 Å². The predicted octanol–water partition coefficient (Wildman–Crippen LogP) is 5.07. The molecular weight excluding hydrogens is 510 g/mol. The summed E-state index contributed by atoms with van der Waals surface area (Å²) in [5, 5.41) is 10.8. The molecule has 9 nitrogen and oxygen atoms in total. The molecule has 1 aromatic heterocycles. The molecule has 0 saturated carbocycles. The van der Waals surface area contributed by atoms with Crippen LogP contribution < -0.4 is 4.90 Å². The number of benzene rings is 4. The third kappa shape index (κ3) is 3.24. The lowest BCUT2D eigenvalue weighted by Crippen LogP contribution is -2.29. The number of aryl methyl sites for hydroxylation is 1. The van der Waals surface area contributed by atoms with Crippen molar-refractivity contribution in [3.63, 3.8) is 0 Å². The SMILES string of the molecule is CCc1nc2ccccc2n1-c1ccc(O)c(N2C(=O)c3ccc(-c4cccc5c4C(=O)OC5=O)cc3C2=O)c1. The maximum absolute atomic E-state index is 13.7. The van der Waals surface area contributed by atoms with Crippen LogP contribution in [0.15, 0.2) is 78.9 Å². The van der Waals surface area contributed by atoms with Crippen molar-refractivity contribution >= 4 is 40.5 Å². The monoisotopic (exact) mass is 529 g/mol. The summed E-state index contributed by atoms with van der Waals surface area (Å²) < 4.78 is 6.69. The van der Waals surface area contributed by atoms with Crippen molar-refractivity contribution < 1.29 is 29.0 Å². The molecule has 0 radical (unpaired) electrons. The number of rotatable bonds is 4. The molecule has 0 aliphatic carbocycles. The highest BCUT2D eigenvalue weighted by molar-refractivity contribution is 6.35. The van der Waals surface area contributed by atoms with Gasteiger partial charge in [0.25, 0.3) is 11.8 Å². The fourth-order valence-electron chi connectivity index (χ4n) is 5.43. The van der Waals surface area contributed by atoms with Gasteiger partial charge in [0.2, 0.25) is 0 Å². The second kappa shape index (κ2) is 8.47. The zero-order chi connectivity index (χ0) is 27.7. The maximum atomic E-state index is 13.7. The number of aromatic hydroxyl groups is 1. The molecule has 3 heterocycles. The van der Waals surface area contributed by atoms with Crippen LogP contribution in [0.25, 0.3) is 27.8 Å². The van der Waals surface area contributed by atoms with Crippen LogP contribution >= 0.6 is 0 Å². The Labute approximate surface area is 226 Å². The summed E-state index contributed by atoms with van der Waals surface area (Å²) in [5.74, 6) is -2.14. The molecule has 194 valence electrons. The van der Waals surface area contributed by atoms with Gasteiger partial charge >= 0.3 is 11.9 Å². The minimum Gasteiger partial charge on any atom is -0.506 e. The number of nitrogens with zero attached hydrogens (tertiary/aromatic N) is 3. The predicted molar refractivity (Wildman–Crippen MR) is 145 cm³/mol. The fraction of sp³-hybridized carbons (Fsp3) is 0.0645. The van der Waals surface area contributed by atoms with Crippen LogP contribution in [0.5, 0.6) is 5.75 Å². The van der Waals surface area contributed by atoms with Crippen molar-refractivity contribution in [3.05, 3.63) is 107 Å². The van der Waals surface area contributed by atoms with E-state index in [1.807, 2.05) is 35.8 Å². The van der Waals surface area contributed by atoms with Crippen molar-refractivity contribution in [1.29, 1.82) is 0 Å². The van der Waals surface area contributed by atoms with E-state index < -0.39 is 23.8 Å². The van der Waals surface area contributed by atoms with E-state index in [0.29, 0.717) is 23.2 Å². The van der Waals surface area contributed by atoms with E-state index >= 15 is 0 Å². The largest absolute Gasteiger partial charge is 0.506 e. The number of esters is 2. The zero-order valence-electron chi connectivity index (χ0n) is 21.0. The third-order valence-corrected chi connectivity index (χ3v) is 7.28. The second-order valence-electron chi connectivity index (χ2n) is 9.49. The first-order valence-electron chi connectivity index (χ1n) is 12.6. The lowest BCUT2D eigenvalue weighted by atomic mass is 9.94. The van der Waals surface area contributed by atoms with Gasteiger partial charge in [0.1, 0.15) is 11.6 Å². The van der Waals surface area contributed by atoms with Gasteiger partial charge in [0.05, 0.1) is 39.0 Å². The highest BCUT2D eigenvalue weighted by Gasteiger charge is 2.39. The molecule has 1 N–H and O–H groups in total. The van der Waals surface area contributed by atoms with Crippen LogP contribution in [0, 0.1) is 0 Å². The number of amides is 2. The van der Waals surface area contributed by atoms with Crippen molar-refractivity contribution in [2.45, 2.75) is 13.3 Å². The quantitative estimate of drug-likeness (QED) is 0.196. The molecule has 5 aromatic rings. The van der Waals surface area contributed by atoms with Crippen molar-refractivity contribution in [1.82, 2.24) is 9.55 Å². The molecule has 0 bridgehead atoms. The standard InChI is InChI=1S/C31H19N3O6/c1-2-26-32-22-8-3-4-9-23(22)33(26)17-11-13-25(35)24(15-17)34-28(36)19-12-10-16(14-21(19)29(34)37)18-6-5-7-20-27(18)31(39)40-30(20)38/h3-15,35H,2H2,1H3. The summed E-state index contributed by atoms with van der Waals surface area (Å²) in [6.45, 7) is 1.98. The van der Waals surface area contributed by atoms with E-state index in [0.717, 1.165) is 21.8 Å². The van der Waals surface area contributed by atoms with Crippen molar-refractivity contribution in [2.24, 2.45) is 0 Å². The summed E-state index contributed by atoms with van der Waals surface area (Å²) in [4.78, 5) is 57.1. The van der Waals surface area contributed by atoms with E-state index in [2.05, 4.69) is 0 Å². The molecule has 0 saturated heterocycles. The molecule has 2 aliphatic rings. The molecule has 2 aliphatic heterocycles. The summed E-state index contributed by atoms with van der Waals surface area (Å²) in [6, 6.07) is 21.8. The third-order valence-electron chi connectivity index (χ3n) is 7.28. The Hall–Kier alpha value is -5.57. The number of imidazole rings is 1. The second-order valence-corrected chi connectivity index (χ2v) is 9.49. The number of hydrogen-bond donors (Lipinski definition) is 1. The number of carbonyl (C=O) groups is 4. The number of ether oxygens (including phenoxy) is 1. The Morgan fingerprint density at radius 3 is 2.38 bits per heavy atom. The maximum Gasteiger partial charge on any atom is 0.347 e. The first kappa shape index (κ1) is 23.5. The zero-order valence-corrected chi connectivity index (χ0v) is 21.0. The average Bonchev–Trinajstić information content (AvgIpc) is 3.57. The van der Waals surface area contributed by atoms with E-state index in [4.69, 9.17) is 9.72 Å². The van der Waals surface area contributed by atoms with Gasteiger partial charge in [-0.05, 0) is 59.7 Å². The summed E-state index contributed by atoms with van der Waals surface area (Å²) in [6.07, 6.45) is 0.642. The first-order valence-corrected chi connectivity index (χ1v) is 12.6. The van der Waals surface area contributed by atoms with E-state index in [1.165, 1.54) is 24.3 Å². The highest BCUT2D eigenvalue weighted by atomic mass is 16.6. The molecule has 2 amide bonds. The number of aromatic nitrogens is 2. The number of cyclic esters (lactones) is 2. The molecular formula is C31H19N3O6. The lowest BCUT2D eigenvalue weighted by molar-refractivity contribution is 0.0443. The average molecular weight is 530 g/mol. The van der Waals surface area contributed by atoms with E-state index in [1.54, 1.807) is 30.3 Å². The topological polar surface area (TPSA) is 119 Å². The Kier molecular flexibility index (Phi) is 4.98. The van der Waals surface area contributed by atoms with Crippen LogP contribution in [-0.4, -0.2) is 38.4 Å². The molecule has 0 unspecified atom stereocenters. The normalized spacial score (nSPS) is 14.2. The highest BCUT2D eigenvalue weighted by Crippen LogP contribution is 2.39. The van der Waals surface area contributed by atoms with Crippen LogP contribution in [0.1, 0.15) is 54.2 Å². The minimum atomic E-state index is -0.764. The van der Waals surface area contributed by atoms with Gasteiger partial charge in [-0.3, -0.25) is 14.2 Å². The smallest absolute Gasteiger partial charge is 0.347 e. The minimum absolute atomic E-state index is 0.0415. The Bertz CT molecular complexity index is 1970. The van der Waals surface area contributed by atoms with E-state index in [-0.39, 0.29) is 33.7 Å². The summed E-state index contributed by atoms with van der Waals surface area (Å²) >= 11 is 0. The number of para-hydroxylation sites is 2. The number of phenols is 1. The molecule has 4 aromatic carbocycles. The van der Waals surface area contributed by atoms with Crippen LogP contribution in [0.2, 0.25) is 0 Å².